The van der Waals surface area contributed by atoms with Crippen LogP contribution >= 0.6 is 0 Å². The van der Waals surface area contributed by atoms with E-state index in [0.29, 0.717) is 12.5 Å². The number of esters is 1. The first-order valence-electron chi connectivity index (χ1n) is 6.17. The molecule has 1 saturated heterocycles. The van der Waals surface area contributed by atoms with Crippen molar-refractivity contribution in [3.05, 3.63) is 29.8 Å². The van der Waals surface area contributed by atoms with Gasteiger partial charge in [0.1, 0.15) is 6.04 Å². The zero-order valence-electron chi connectivity index (χ0n) is 10.6. The Hall–Kier alpha value is -1.51. The summed E-state index contributed by atoms with van der Waals surface area (Å²) in [6, 6.07) is 8.19. The molecule has 1 unspecified atom stereocenters. The number of rotatable bonds is 4. The maximum atomic E-state index is 11.6. The average molecular weight is 233 g/mol. The number of benzene rings is 1. The van der Waals surface area contributed by atoms with Crippen LogP contribution in [0.15, 0.2) is 24.3 Å². The molecule has 1 aromatic carbocycles. The molecule has 1 atom stereocenters. The highest BCUT2D eigenvalue weighted by atomic mass is 16.5. The summed E-state index contributed by atoms with van der Waals surface area (Å²) < 4.78 is 5.04. The lowest BCUT2D eigenvalue weighted by Crippen LogP contribution is -2.16. The molecule has 1 aromatic rings. The molecular formula is C14H19NO2. The van der Waals surface area contributed by atoms with Crippen molar-refractivity contribution in [1.82, 2.24) is 0 Å². The second kappa shape index (κ2) is 4.78. The van der Waals surface area contributed by atoms with Crippen LogP contribution in [0.3, 0.4) is 0 Å². The lowest BCUT2D eigenvalue weighted by atomic mass is 10.0. The van der Waals surface area contributed by atoms with Gasteiger partial charge >= 0.3 is 5.97 Å². The Balaban J connectivity index is 2.13. The molecule has 0 aliphatic carbocycles. The Labute approximate surface area is 102 Å². The summed E-state index contributed by atoms with van der Waals surface area (Å²) in [7, 11) is 0. The Morgan fingerprint density at radius 1 is 1.47 bits per heavy atom. The van der Waals surface area contributed by atoms with Crippen molar-refractivity contribution < 1.29 is 9.53 Å². The van der Waals surface area contributed by atoms with E-state index in [9.17, 15) is 4.79 Å². The second-order valence-corrected chi connectivity index (χ2v) is 4.63. The van der Waals surface area contributed by atoms with E-state index < -0.39 is 0 Å². The average Bonchev–Trinajstić information content (AvgIpc) is 3.09. The van der Waals surface area contributed by atoms with Crippen molar-refractivity contribution in [2.45, 2.75) is 32.7 Å². The lowest BCUT2D eigenvalue weighted by Gasteiger charge is -2.14. The SMILES string of the molecule is CCOC(=O)C1CN1c1ccccc1C(C)C. The van der Waals surface area contributed by atoms with Crippen LogP contribution in [-0.2, 0) is 9.53 Å². The van der Waals surface area contributed by atoms with Crippen molar-refractivity contribution >= 4 is 11.7 Å². The molecule has 3 nitrogen and oxygen atoms in total. The van der Waals surface area contributed by atoms with Crippen LogP contribution in [0.5, 0.6) is 0 Å². The maximum Gasteiger partial charge on any atom is 0.330 e. The molecule has 1 fully saturated rings. The molecule has 0 bridgehead atoms. The first-order valence-corrected chi connectivity index (χ1v) is 6.17. The van der Waals surface area contributed by atoms with Crippen LogP contribution in [0.25, 0.3) is 0 Å². The third-order valence-corrected chi connectivity index (χ3v) is 3.04. The molecule has 0 aromatic heterocycles. The van der Waals surface area contributed by atoms with Crippen LogP contribution in [0, 0.1) is 0 Å². The molecule has 2 rings (SSSR count). The van der Waals surface area contributed by atoms with Gasteiger partial charge in [0.2, 0.25) is 0 Å². The van der Waals surface area contributed by atoms with Gasteiger partial charge < -0.3 is 9.64 Å². The summed E-state index contributed by atoms with van der Waals surface area (Å²) in [5.41, 5.74) is 2.46. The Bertz CT molecular complexity index is 414. The Kier molecular flexibility index (Phi) is 3.36. The third kappa shape index (κ3) is 2.43. The van der Waals surface area contributed by atoms with Gasteiger partial charge in [-0.15, -0.1) is 0 Å². The fourth-order valence-corrected chi connectivity index (χ4v) is 2.08. The predicted molar refractivity (Wildman–Crippen MR) is 68.3 cm³/mol. The zero-order chi connectivity index (χ0) is 12.4. The van der Waals surface area contributed by atoms with Crippen LogP contribution in [0.2, 0.25) is 0 Å². The van der Waals surface area contributed by atoms with Crippen molar-refractivity contribution in [2.75, 3.05) is 18.1 Å². The number of ether oxygens (including phenoxy) is 1. The van der Waals surface area contributed by atoms with Gasteiger partial charge in [-0.05, 0) is 24.5 Å². The largest absolute Gasteiger partial charge is 0.464 e. The summed E-state index contributed by atoms with van der Waals surface area (Å²) in [4.78, 5) is 13.7. The van der Waals surface area contributed by atoms with Crippen LogP contribution in [0.4, 0.5) is 5.69 Å². The zero-order valence-corrected chi connectivity index (χ0v) is 10.6. The van der Waals surface area contributed by atoms with Gasteiger partial charge in [-0.1, -0.05) is 32.0 Å². The van der Waals surface area contributed by atoms with Gasteiger partial charge in [0.05, 0.1) is 13.2 Å². The topological polar surface area (TPSA) is 29.3 Å². The molecule has 0 amide bonds. The number of para-hydroxylation sites is 1. The van der Waals surface area contributed by atoms with Gasteiger partial charge in [0.15, 0.2) is 0 Å². The molecule has 0 saturated carbocycles. The molecule has 0 spiro atoms. The Morgan fingerprint density at radius 2 is 2.18 bits per heavy atom. The van der Waals surface area contributed by atoms with E-state index in [4.69, 9.17) is 4.74 Å². The van der Waals surface area contributed by atoms with E-state index in [-0.39, 0.29) is 12.0 Å². The minimum absolute atomic E-state index is 0.0742. The second-order valence-electron chi connectivity index (χ2n) is 4.63. The van der Waals surface area contributed by atoms with E-state index in [1.807, 2.05) is 19.1 Å². The highest BCUT2D eigenvalue weighted by Gasteiger charge is 2.42. The van der Waals surface area contributed by atoms with Gasteiger partial charge in [-0.2, -0.15) is 0 Å². The van der Waals surface area contributed by atoms with Crippen molar-refractivity contribution in [1.29, 1.82) is 0 Å². The molecule has 0 N–H and O–H groups in total. The van der Waals surface area contributed by atoms with Crippen LogP contribution in [-0.4, -0.2) is 25.2 Å². The molecule has 1 aliphatic rings. The van der Waals surface area contributed by atoms with E-state index in [2.05, 4.69) is 30.9 Å². The van der Waals surface area contributed by atoms with Gasteiger partial charge in [0, 0.05) is 5.69 Å². The van der Waals surface area contributed by atoms with Gasteiger partial charge in [0.25, 0.3) is 0 Å². The molecule has 0 radical (unpaired) electrons. The molecule has 1 heterocycles. The van der Waals surface area contributed by atoms with E-state index >= 15 is 0 Å². The van der Waals surface area contributed by atoms with Crippen molar-refractivity contribution in [3.8, 4) is 0 Å². The number of carbonyl (C=O) groups excluding carboxylic acids is 1. The number of carbonyl (C=O) groups is 1. The normalized spacial score (nSPS) is 18.4. The minimum Gasteiger partial charge on any atom is -0.464 e. The molecule has 17 heavy (non-hydrogen) atoms. The summed E-state index contributed by atoms with van der Waals surface area (Å²) in [6.07, 6.45) is 0. The summed E-state index contributed by atoms with van der Waals surface area (Å²) >= 11 is 0. The summed E-state index contributed by atoms with van der Waals surface area (Å²) in [5.74, 6) is 0.362. The molecular weight excluding hydrogens is 214 g/mol. The summed E-state index contributed by atoms with van der Waals surface area (Å²) in [6.45, 7) is 7.41. The molecule has 1 aliphatic heterocycles. The number of hydrogen-bond acceptors (Lipinski definition) is 3. The van der Waals surface area contributed by atoms with E-state index in [1.165, 1.54) is 11.3 Å². The predicted octanol–water partition coefficient (Wildman–Crippen LogP) is 2.56. The molecule has 92 valence electrons. The summed E-state index contributed by atoms with van der Waals surface area (Å²) in [5, 5.41) is 0. The first kappa shape index (κ1) is 12.0. The van der Waals surface area contributed by atoms with Crippen LogP contribution < -0.4 is 4.90 Å². The number of anilines is 1. The van der Waals surface area contributed by atoms with E-state index in [0.717, 1.165) is 6.54 Å². The van der Waals surface area contributed by atoms with Gasteiger partial charge in [-0.25, -0.2) is 4.79 Å². The fourth-order valence-electron chi connectivity index (χ4n) is 2.08. The maximum absolute atomic E-state index is 11.6. The smallest absolute Gasteiger partial charge is 0.330 e. The van der Waals surface area contributed by atoms with Crippen LogP contribution in [0.1, 0.15) is 32.3 Å². The molecule has 3 heteroatoms. The third-order valence-electron chi connectivity index (χ3n) is 3.04. The highest BCUT2D eigenvalue weighted by molar-refractivity contribution is 5.87. The number of hydrogen-bond donors (Lipinski definition) is 0. The quantitative estimate of drug-likeness (QED) is 0.591. The number of nitrogens with zero attached hydrogens (tertiary/aromatic N) is 1. The highest BCUT2D eigenvalue weighted by Crippen LogP contribution is 2.35. The van der Waals surface area contributed by atoms with Crippen molar-refractivity contribution in [2.24, 2.45) is 0 Å². The lowest BCUT2D eigenvalue weighted by molar-refractivity contribution is -0.142. The monoisotopic (exact) mass is 233 g/mol. The Morgan fingerprint density at radius 3 is 2.82 bits per heavy atom. The first-order chi connectivity index (χ1) is 8.15. The van der Waals surface area contributed by atoms with Crippen molar-refractivity contribution in [3.63, 3.8) is 0 Å². The van der Waals surface area contributed by atoms with Gasteiger partial charge in [-0.3, -0.25) is 0 Å². The standard InChI is InChI=1S/C14H19NO2/c1-4-17-14(16)13-9-15(13)12-8-6-5-7-11(12)10(2)3/h5-8,10,13H,4,9H2,1-3H3. The van der Waals surface area contributed by atoms with E-state index in [1.54, 1.807) is 0 Å². The minimum atomic E-state index is -0.106. The fraction of sp³-hybridized carbons (Fsp3) is 0.500.